The summed E-state index contributed by atoms with van der Waals surface area (Å²) < 4.78 is 38.2. The van der Waals surface area contributed by atoms with Crippen molar-refractivity contribution in [1.82, 2.24) is 14.1 Å². The van der Waals surface area contributed by atoms with Gasteiger partial charge in [0.2, 0.25) is 15.9 Å². The molecule has 8 nitrogen and oxygen atoms in total. The van der Waals surface area contributed by atoms with E-state index in [1.165, 1.54) is 22.5 Å². The number of ether oxygens (including phenoxy) is 2. The maximum atomic E-state index is 13.1. The molecule has 192 valence electrons. The largest absolute Gasteiger partial charge is 0.497 e. The number of rotatable bonds is 10. The minimum atomic E-state index is -3.69. The number of carbonyl (C=O) groups is 1. The number of carbonyl (C=O) groups excluding carboxylic acids is 1. The van der Waals surface area contributed by atoms with Crippen LogP contribution in [0.2, 0.25) is 0 Å². The van der Waals surface area contributed by atoms with Gasteiger partial charge in [-0.05, 0) is 67.3 Å². The minimum absolute atomic E-state index is 0.0965. The van der Waals surface area contributed by atoms with Gasteiger partial charge in [-0.2, -0.15) is 4.31 Å². The van der Waals surface area contributed by atoms with Crippen LogP contribution in [-0.4, -0.2) is 83.0 Å². The van der Waals surface area contributed by atoms with E-state index in [-0.39, 0.29) is 30.6 Å². The molecule has 0 radical (unpaired) electrons. The molecule has 9 heteroatoms. The Kier molecular flexibility index (Phi) is 8.93. The molecule has 1 heterocycles. The fourth-order valence-electron chi connectivity index (χ4n) is 4.38. The highest BCUT2D eigenvalue weighted by Crippen LogP contribution is 2.27. The highest BCUT2D eigenvalue weighted by Gasteiger charge is 2.25. The predicted molar refractivity (Wildman–Crippen MR) is 136 cm³/mol. The first kappa shape index (κ1) is 27.1. The van der Waals surface area contributed by atoms with Crippen LogP contribution in [-0.2, 0) is 39.1 Å². The van der Waals surface area contributed by atoms with Crippen LogP contribution in [0.15, 0.2) is 35.2 Å². The maximum absolute atomic E-state index is 13.1. The van der Waals surface area contributed by atoms with E-state index < -0.39 is 10.0 Å². The lowest BCUT2D eigenvalue weighted by atomic mass is 9.97. The topological polar surface area (TPSA) is 79.4 Å². The molecular formula is C26H37N3O5S. The van der Waals surface area contributed by atoms with Crippen molar-refractivity contribution in [2.45, 2.75) is 38.3 Å². The molecule has 0 saturated carbocycles. The molecule has 0 unspecified atom stereocenters. The number of methoxy groups -OCH3 is 1. The quantitative estimate of drug-likeness (QED) is 0.464. The van der Waals surface area contributed by atoms with Crippen molar-refractivity contribution in [2.75, 3.05) is 54.6 Å². The third kappa shape index (κ3) is 6.61. The first-order valence-corrected chi connectivity index (χ1v) is 13.2. The van der Waals surface area contributed by atoms with Crippen molar-refractivity contribution in [1.29, 1.82) is 0 Å². The van der Waals surface area contributed by atoms with Gasteiger partial charge in [-0.15, -0.1) is 0 Å². The molecule has 2 aromatic rings. The van der Waals surface area contributed by atoms with Gasteiger partial charge in [0.15, 0.2) is 0 Å². The van der Waals surface area contributed by atoms with Crippen molar-refractivity contribution in [3.63, 3.8) is 0 Å². The van der Waals surface area contributed by atoms with Gasteiger partial charge in [0, 0.05) is 40.3 Å². The van der Waals surface area contributed by atoms with E-state index >= 15 is 0 Å². The highest BCUT2D eigenvalue weighted by molar-refractivity contribution is 7.89. The van der Waals surface area contributed by atoms with Crippen LogP contribution in [0.1, 0.15) is 27.8 Å². The SMILES string of the molecule is COc1cc(C)c(S(=O)(=O)N(C)CCOCC(=O)N(C)Cc2ccc3c(c2)CCN(C)C3)c(C)c1. The average molecular weight is 504 g/mol. The molecule has 0 N–H and O–H groups in total. The molecule has 1 aliphatic heterocycles. The monoisotopic (exact) mass is 503 g/mol. The molecule has 0 aliphatic carbocycles. The van der Waals surface area contributed by atoms with Crippen molar-refractivity contribution in [3.05, 3.63) is 58.1 Å². The molecule has 0 aromatic heterocycles. The third-order valence-electron chi connectivity index (χ3n) is 6.43. The molecule has 3 rings (SSSR count). The lowest BCUT2D eigenvalue weighted by molar-refractivity contribution is -0.135. The zero-order valence-electron chi connectivity index (χ0n) is 21.6. The zero-order chi connectivity index (χ0) is 25.8. The summed E-state index contributed by atoms with van der Waals surface area (Å²) in [7, 11) is 3.25. The fourth-order valence-corrected chi connectivity index (χ4v) is 5.94. The van der Waals surface area contributed by atoms with Crippen LogP contribution < -0.4 is 4.74 Å². The summed E-state index contributed by atoms with van der Waals surface area (Å²) in [6.45, 7) is 6.18. The molecule has 0 fully saturated rings. The van der Waals surface area contributed by atoms with Crippen molar-refractivity contribution >= 4 is 15.9 Å². The summed E-state index contributed by atoms with van der Waals surface area (Å²) in [6.07, 6.45) is 1.02. The van der Waals surface area contributed by atoms with Gasteiger partial charge in [0.25, 0.3) is 0 Å². The number of likely N-dealkylation sites (N-methyl/N-ethyl adjacent to an activating group) is 3. The Labute approximate surface area is 209 Å². The Morgan fingerprint density at radius 1 is 1.09 bits per heavy atom. The number of benzene rings is 2. The predicted octanol–water partition coefficient (Wildman–Crippen LogP) is 2.60. The normalized spacial score (nSPS) is 14.1. The molecular weight excluding hydrogens is 466 g/mol. The van der Waals surface area contributed by atoms with Gasteiger partial charge < -0.3 is 19.3 Å². The molecule has 0 bridgehead atoms. The van der Waals surface area contributed by atoms with Crippen LogP contribution in [0.25, 0.3) is 0 Å². The lowest BCUT2D eigenvalue weighted by Gasteiger charge is -2.26. The van der Waals surface area contributed by atoms with Crippen LogP contribution in [0, 0.1) is 13.8 Å². The number of nitrogens with zero attached hydrogens (tertiary/aromatic N) is 3. The Morgan fingerprint density at radius 2 is 1.77 bits per heavy atom. The lowest BCUT2D eigenvalue weighted by Crippen LogP contribution is -2.33. The Morgan fingerprint density at radius 3 is 2.43 bits per heavy atom. The van der Waals surface area contributed by atoms with E-state index in [0.29, 0.717) is 23.4 Å². The fraction of sp³-hybridized carbons (Fsp3) is 0.500. The molecule has 0 spiro atoms. The number of amides is 1. The van der Waals surface area contributed by atoms with Gasteiger partial charge in [-0.3, -0.25) is 4.79 Å². The van der Waals surface area contributed by atoms with Gasteiger partial charge >= 0.3 is 0 Å². The maximum Gasteiger partial charge on any atom is 0.248 e. The van der Waals surface area contributed by atoms with E-state index in [0.717, 1.165) is 25.1 Å². The van der Waals surface area contributed by atoms with Crippen LogP contribution in [0.3, 0.4) is 0 Å². The first-order valence-electron chi connectivity index (χ1n) is 11.8. The first-order chi connectivity index (χ1) is 16.5. The Bertz CT molecular complexity index is 1140. The van der Waals surface area contributed by atoms with E-state index in [4.69, 9.17) is 9.47 Å². The summed E-state index contributed by atoms with van der Waals surface area (Å²) >= 11 is 0. The van der Waals surface area contributed by atoms with Crippen molar-refractivity contribution in [3.8, 4) is 5.75 Å². The molecule has 35 heavy (non-hydrogen) atoms. The van der Waals surface area contributed by atoms with E-state index in [1.54, 1.807) is 45.0 Å². The number of hydrogen-bond acceptors (Lipinski definition) is 6. The smallest absolute Gasteiger partial charge is 0.248 e. The molecule has 1 aliphatic rings. The van der Waals surface area contributed by atoms with E-state index in [1.807, 2.05) is 0 Å². The number of hydrogen-bond donors (Lipinski definition) is 0. The summed E-state index contributed by atoms with van der Waals surface area (Å²) in [5, 5.41) is 0. The van der Waals surface area contributed by atoms with Crippen LogP contribution >= 0.6 is 0 Å². The molecule has 0 saturated heterocycles. The van der Waals surface area contributed by atoms with Gasteiger partial charge in [0.1, 0.15) is 12.4 Å². The van der Waals surface area contributed by atoms with Crippen molar-refractivity contribution < 1.29 is 22.7 Å². The third-order valence-corrected chi connectivity index (χ3v) is 8.60. The van der Waals surface area contributed by atoms with Crippen LogP contribution in [0.4, 0.5) is 0 Å². The zero-order valence-corrected chi connectivity index (χ0v) is 22.4. The minimum Gasteiger partial charge on any atom is -0.497 e. The second-order valence-corrected chi connectivity index (χ2v) is 11.3. The number of aryl methyl sites for hydroxylation is 2. The Hall–Kier alpha value is -2.46. The summed E-state index contributed by atoms with van der Waals surface area (Å²) in [5.41, 5.74) is 5.05. The van der Waals surface area contributed by atoms with E-state index in [9.17, 15) is 13.2 Å². The van der Waals surface area contributed by atoms with Crippen LogP contribution in [0.5, 0.6) is 5.75 Å². The molecule has 0 atom stereocenters. The number of fused-ring (bicyclic) bond motifs is 1. The van der Waals surface area contributed by atoms with E-state index in [2.05, 4.69) is 30.1 Å². The van der Waals surface area contributed by atoms with Gasteiger partial charge in [-0.1, -0.05) is 18.2 Å². The number of sulfonamides is 1. The average Bonchev–Trinajstić information content (AvgIpc) is 2.80. The van der Waals surface area contributed by atoms with Crippen molar-refractivity contribution in [2.24, 2.45) is 0 Å². The second kappa shape index (κ2) is 11.5. The Balaban J connectivity index is 1.49. The standard InChI is InChI=1S/C26H37N3O5S/c1-19-13-24(33-6)14-20(2)26(19)35(31,32)29(5)11-12-34-18-25(30)28(4)16-21-7-8-23-17-27(3)10-9-22(23)15-21/h7-8,13-15H,9-12,16-18H2,1-6H3. The molecule has 2 aromatic carbocycles. The summed E-state index contributed by atoms with van der Waals surface area (Å²) in [5.74, 6) is 0.477. The summed E-state index contributed by atoms with van der Waals surface area (Å²) in [4.78, 5) is 16.8. The second-order valence-electron chi connectivity index (χ2n) is 9.31. The van der Waals surface area contributed by atoms with Gasteiger partial charge in [-0.25, -0.2) is 8.42 Å². The molecule has 1 amide bonds. The summed E-state index contributed by atoms with van der Waals surface area (Å²) in [6, 6.07) is 9.83. The van der Waals surface area contributed by atoms with Gasteiger partial charge in [0.05, 0.1) is 18.6 Å². The highest BCUT2D eigenvalue weighted by atomic mass is 32.2.